The molecule has 0 spiro atoms. The Labute approximate surface area is 138 Å². The summed E-state index contributed by atoms with van der Waals surface area (Å²) in [6.45, 7) is 2.52. The fourth-order valence-corrected chi connectivity index (χ4v) is 3.45. The van der Waals surface area contributed by atoms with Crippen LogP contribution in [0.15, 0.2) is 46.7 Å². The van der Waals surface area contributed by atoms with Gasteiger partial charge in [0.05, 0.1) is 18.3 Å². The van der Waals surface area contributed by atoms with Crippen LogP contribution >= 0.6 is 23.1 Å². The zero-order chi connectivity index (χ0) is 15.8. The van der Waals surface area contributed by atoms with Crippen LogP contribution in [-0.2, 0) is 6.54 Å². The van der Waals surface area contributed by atoms with Crippen molar-refractivity contribution in [1.29, 1.82) is 5.26 Å². The van der Waals surface area contributed by atoms with E-state index < -0.39 is 0 Å². The predicted molar refractivity (Wildman–Crippen MR) is 92.2 cm³/mol. The molecule has 6 heteroatoms. The predicted octanol–water partition coefficient (Wildman–Crippen LogP) is 4.46. The third-order valence-corrected chi connectivity index (χ3v) is 4.90. The number of thioether (sulfide) groups is 1. The van der Waals surface area contributed by atoms with Crippen molar-refractivity contribution in [2.45, 2.75) is 30.0 Å². The summed E-state index contributed by atoms with van der Waals surface area (Å²) in [4.78, 5) is 14.1. The SMILES string of the molecule is CC(CC#N)Sc1ccccc1NC(=O)NCc1cccs1. The van der Waals surface area contributed by atoms with E-state index in [9.17, 15) is 4.79 Å². The van der Waals surface area contributed by atoms with E-state index in [1.165, 1.54) is 0 Å². The van der Waals surface area contributed by atoms with E-state index in [1.54, 1.807) is 23.1 Å². The molecule has 2 amide bonds. The Morgan fingerprint density at radius 1 is 1.36 bits per heavy atom. The van der Waals surface area contributed by atoms with Crippen molar-refractivity contribution in [3.63, 3.8) is 0 Å². The Kier molecular flexibility index (Phi) is 6.31. The zero-order valence-electron chi connectivity index (χ0n) is 12.2. The number of para-hydroxylation sites is 1. The van der Waals surface area contributed by atoms with Crippen molar-refractivity contribution in [2.24, 2.45) is 0 Å². The normalized spacial score (nSPS) is 11.5. The van der Waals surface area contributed by atoms with E-state index >= 15 is 0 Å². The molecule has 1 unspecified atom stereocenters. The van der Waals surface area contributed by atoms with Crippen molar-refractivity contribution < 1.29 is 4.79 Å². The van der Waals surface area contributed by atoms with Gasteiger partial charge in [0, 0.05) is 21.4 Å². The fraction of sp³-hybridized carbons (Fsp3) is 0.250. The number of thiophene rings is 1. The van der Waals surface area contributed by atoms with Crippen LogP contribution < -0.4 is 10.6 Å². The Hall–Kier alpha value is -1.97. The number of nitrogens with one attached hydrogen (secondary N) is 2. The first-order valence-corrected chi connectivity index (χ1v) is 8.65. The average molecular weight is 331 g/mol. The molecule has 0 aliphatic carbocycles. The van der Waals surface area contributed by atoms with Crippen LogP contribution in [0.4, 0.5) is 10.5 Å². The van der Waals surface area contributed by atoms with Gasteiger partial charge in [-0.3, -0.25) is 0 Å². The molecule has 0 aliphatic rings. The van der Waals surface area contributed by atoms with E-state index in [0.717, 1.165) is 15.5 Å². The van der Waals surface area contributed by atoms with Crippen molar-refractivity contribution >= 4 is 34.8 Å². The van der Waals surface area contributed by atoms with E-state index in [0.29, 0.717) is 13.0 Å². The van der Waals surface area contributed by atoms with Crippen LogP contribution in [-0.4, -0.2) is 11.3 Å². The van der Waals surface area contributed by atoms with E-state index in [1.807, 2.05) is 48.7 Å². The lowest BCUT2D eigenvalue weighted by Crippen LogP contribution is -2.28. The minimum absolute atomic E-state index is 0.183. The highest BCUT2D eigenvalue weighted by Crippen LogP contribution is 2.31. The van der Waals surface area contributed by atoms with Gasteiger partial charge in [0.15, 0.2) is 0 Å². The molecule has 4 nitrogen and oxygen atoms in total. The fourth-order valence-electron chi connectivity index (χ4n) is 1.81. The van der Waals surface area contributed by atoms with Crippen LogP contribution in [0.1, 0.15) is 18.2 Å². The molecule has 2 rings (SSSR count). The summed E-state index contributed by atoms with van der Waals surface area (Å²) in [6, 6.07) is 13.5. The molecule has 1 aromatic heterocycles. The van der Waals surface area contributed by atoms with Gasteiger partial charge in [0.25, 0.3) is 0 Å². The third-order valence-electron chi connectivity index (χ3n) is 2.85. The van der Waals surface area contributed by atoms with Crippen LogP contribution in [0.3, 0.4) is 0 Å². The number of hydrogen-bond acceptors (Lipinski definition) is 4. The molecule has 22 heavy (non-hydrogen) atoms. The van der Waals surface area contributed by atoms with Gasteiger partial charge in [-0.05, 0) is 23.6 Å². The van der Waals surface area contributed by atoms with Crippen molar-refractivity contribution in [3.05, 3.63) is 46.7 Å². The Morgan fingerprint density at radius 2 is 2.18 bits per heavy atom. The van der Waals surface area contributed by atoms with E-state index in [2.05, 4.69) is 16.7 Å². The first-order valence-electron chi connectivity index (χ1n) is 6.89. The number of nitriles is 1. The van der Waals surface area contributed by atoms with Crippen LogP contribution in [0.2, 0.25) is 0 Å². The second kappa shape index (κ2) is 8.47. The summed E-state index contributed by atoms with van der Waals surface area (Å²) in [5.74, 6) is 0. The number of carbonyl (C=O) groups is 1. The number of carbonyl (C=O) groups excluding carboxylic acids is 1. The topological polar surface area (TPSA) is 64.9 Å². The van der Waals surface area contributed by atoms with E-state index in [-0.39, 0.29) is 11.3 Å². The maximum atomic E-state index is 12.0. The number of amides is 2. The first kappa shape index (κ1) is 16.4. The second-order valence-corrected chi connectivity index (χ2v) is 7.19. The number of hydrogen-bond donors (Lipinski definition) is 2. The summed E-state index contributed by atoms with van der Waals surface area (Å²) in [5, 5.41) is 16.6. The molecule has 0 bridgehead atoms. The molecular formula is C16H17N3OS2. The number of anilines is 1. The molecule has 0 fully saturated rings. The first-order chi connectivity index (χ1) is 10.7. The Balaban J connectivity index is 1.94. The zero-order valence-corrected chi connectivity index (χ0v) is 13.8. The lowest BCUT2D eigenvalue weighted by molar-refractivity contribution is 0.252. The van der Waals surface area contributed by atoms with Gasteiger partial charge in [-0.25, -0.2) is 4.79 Å². The van der Waals surface area contributed by atoms with Crippen LogP contribution in [0.25, 0.3) is 0 Å². The van der Waals surface area contributed by atoms with Gasteiger partial charge in [-0.15, -0.1) is 23.1 Å². The standard InChI is InChI=1S/C16H17N3OS2/c1-12(8-9-17)22-15-7-3-2-6-14(15)19-16(20)18-11-13-5-4-10-21-13/h2-7,10,12H,8,11H2,1H3,(H2,18,19,20). The minimum atomic E-state index is -0.227. The number of rotatable bonds is 6. The molecule has 2 N–H and O–H groups in total. The second-order valence-electron chi connectivity index (χ2n) is 4.67. The summed E-state index contributed by atoms with van der Waals surface area (Å²) in [5.41, 5.74) is 0.765. The average Bonchev–Trinajstić information content (AvgIpc) is 3.01. The maximum Gasteiger partial charge on any atom is 0.319 e. The summed E-state index contributed by atoms with van der Waals surface area (Å²) < 4.78 is 0. The molecule has 114 valence electrons. The van der Waals surface area contributed by atoms with Crippen LogP contribution in [0, 0.1) is 11.3 Å². The third kappa shape index (κ3) is 5.10. The molecule has 1 aromatic carbocycles. The maximum absolute atomic E-state index is 12.0. The molecule has 0 saturated carbocycles. The molecule has 1 atom stereocenters. The van der Waals surface area contributed by atoms with E-state index in [4.69, 9.17) is 5.26 Å². The monoisotopic (exact) mass is 331 g/mol. The molecule has 0 saturated heterocycles. The van der Waals surface area contributed by atoms with Crippen molar-refractivity contribution in [2.75, 3.05) is 5.32 Å². The van der Waals surface area contributed by atoms with Crippen molar-refractivity contribution in [3.8, 4) is 6.07 Å². The van der Waals surface area contributed by atoms with Gasteiger partial charge in [-0.1, -0.05) is 25.1 Å². The summed E-state index contributed by atoms with van der Waals surface area (Å²) in [7, 11) is 0. The van der Waals surface area contributed by atoms with Gasteiger partial charge >= 0.3 is 6.03 Å². The number of benzene rings is 1. The lowest BCUT2D eigenvalue weighted by Gasteiger charge is -2.13. The van der Waals surface area contributed by atoms with Gasteiger partial charge < -0.3 is 10.6 Å². The summed E-state index contributed by atoms with van der Waals surface area (Å²) >= 11 is 3.20. The lowest BCUT2D eigenvalue weighted by atomic mass is 10.3. The molecular weight excluding hydrogens is 314 g/mol. The molecule has 0 radical (unpaired) electrons. The summed E-state index contributed by atoms with van der Waals surface area (Å²) in [6.07, 6.45) is 0.476. The highest BCUT2D eigenvalue weighted by Gasteiger charge is 2.10. The highest BCUT2D eigenvalue weighted by molar-refractivity contribution is 8.00. The molecule has 0 aliphatic heterocycles. The quantitative estimate of drug-likeness (QED) is 0.768. The highest BCUT2D eigenvalue weighted by atomic mass is 32.2. The van der Waals surface area contributed by atoms with Gasteiger partial charge in [0.1, 0.15) is 0 Å². The number of nitrogens with zero attached hydrogens (tertiary/aromatic N) is 1. The molecule has 1 heterocycles. The largest absolute Gasteiger partial charge is 0.333 e. The van der Waals surface area contributed by atoms with Crippen LogP contribution in [0.5, 0.6) is 0 Å². The Morgan fingerprint density at radius 3 is 2.91 bits per heavy atom. The van der Waals surface area contributed by atoms with Gasteiger partial charge in [-0.2, -0.15) is 5.26 Å². The van der Waals surface area contributed by atoms with Crippen molar-refractivity contribution in [1.82, 2.24) is 5.32 Å². The van der Waals surface area contributed by atoms with Gasteiger partial charge in [0.2, 0.25) is 0 Å². The Bertz CT molecular complexity index is 650. The smallest absolute Gasteiger partial charge is 0.319 e. The number of urea groups is 1. The minimum Gasteiger partial charge on any atom is -0.333 e. The molecule has 2 aromatic rings.